The number of hydrogen-bond acceptors (Lipinski definition) is 13. The molecule has 3 fully saturated rings. The van der Waals surface area contributed by atoms with Gasteiger partial charge in [-0.05, 0) is 120 Å². The van der Waals surface area contributed by atoms with Crippen LogP contribution < -0.4 is 4.74 Å². The number of ether oxygens (including phenoxy) is 6. The Morgan fingerprint density at radius 1 is 0.912 bits per heavy atom. The molecule has 0 spiro atoms. The maximum Gasteiger partial charge on any atom is 0.329 e. The van der Waals surface area contributed by atoms with Gasteiger partial charge in [0.15, 0.2) is 0 Å². The lowest BCUT2D eigenvalue weighted by molar-refractivity contribution is -0.302. The summed E-state index contributed by atoms with van der Waals surface area (Å²) >= 11 is 0. The molecular weight excluding hydrogens is 873 g/mol. The van der Waals surface area contributed by atoms with Crippen molar-refractivity contribution < 1.29 is 62.9 Å². The monoisotopic (exact) mass is 951 g/mol. The van der Waals surface area contributed by atoms with Crippen molar-refractivity contribution in [3.05, 3.63) is 53.8 Å². The van der Waals surface area contributed by atoms with Gasteiger partial charge in [0, 0.05) is 75.7 Å². The van der Waals surface area contributed by atoms with Crippen LogP contribution in [0.1, 0.15) is 112 Å². The number of esters is 1. The van der Waals surface area contributed by atoms with Crippen LogP contribution in [0.3, 0.4) is 0 Å². The molecule has 1 amide bonds. The minimum absolute atomic E-state index is 0.00701. The standard InChI is InChI=1S/C53H78N2O13/c1-10-37-24-31(2)23-32(3)25-46(64-8)49-47(65-9)27-34(5)53(62,68-49)50(59)51(60)55-19-12-11-13-41(55)52(61)67-48(35(6)42(57)30-43(37)58)33(4)26-36-14-17-44(45(28-36)63-7)66-39-15-16-40-38(29-39)18-20-54(40)21-22-56/h15-16,18,20,24,26,29,32,34-37,41-42,44-49,56-57,62H,10-14,17,19,21-23,25,27-28,30H2,1-9H3/b31-24+,33-26+/t32-,34+,35+,36-,37+,41-,42-,44+,45+,46-,47-,48?,49+,53+/m0/s1. The summed E-state index contributed by atoms with van der Waals surface area (Å²) < 4.78 is 39.0. The maximum absolute atomic E-state index is 14.6. The molecule has 1 aliphatic carbocycles. The van der Waals surface area contributed by atoms with Crippen molar-refractivity contribution >= 4 is 34.3 Å². The highest BCUT2D eigenvalue weighted by atomic mass is 16.7. The summed E-state index contributed by atoms with van der Waals surface area (Å²) in [5.74, 6) is -6.86. The van der Waals surface area contributed by atoms with Crippen LogP contribution in [0.4, 0.5) is 0 Å². The second-order valence-corrected chi connectivity index (χ2v) is 20.2. The Balaban J connectivity index is 1.29. The molecule has 3 aliphatic heterocycles. The lowest BCUT2D eigenvalue weighted by atomic mass is 9.81. The van der Waals surface area contributed by atoms with Crippen LogP contribution in [-0.2, 0) is 49.4 Å². The summed E-state index contributed by atoms with van der Waals surface area (Å²) in [6, 6.07) is 6.77. The summed E-state index contributed by atoms with van der Waals surface area (Å²) in [5, 5.41) is 34.5. The Morgan fingerprint density at radius 2 is 1.63 bits per heavy atom. The molecule has 2 saturated heterocycles. The molecular formula is C53H78N2O13. The van der Waals surface area contributed by atoms with Crippen LogP contribution >= 0.6 is 0 Å². The first-order valence-corrected chi connectivity index (χ1v) is 24.9. The van der Waals surface area contributed by atoms with E-state index in [1.807, 2.05) is 61.9 Å². The number of nitrogens with zero attached hydrogens (tertiary/aromatic N) is 2. The Kier molecular flexibility index (Phi) is 18.7. The summed E-state index contributed by atoms with van der Waals surface area (Å²) in [4.78, 5) is 58.6. The minimum atomic E-state index is -2.52. The first kappa shape index (κ1) is 53.4. The molecule has 68 heavy (non-hydrogen) atoms. The fourth-order valence-corrected chi connectivity index (χ4v) is 11.2. The molecule has 15 heteroatoms. The highest BCUT2D eigenvalue weighted by molar-refractivity contribution is 6.39. The van der Waals surface area contributed by atoms with Crippen molar-refractivity contribution in [2.24, 2.45) is 29.6 Å². The van der Waals surface area contributed by atoms with Gasteiger partial charge >= 0.3 is 5.97 Å². The summed E-state index contributed by atoms with van der Waals surface area (Å²) in [5.41, 5.74) is 2.68. The van der Waals surface area contributed by atoms with Gasteiger partial charge in [-0.3, -0.25) is 14.4 Å². The fourth-order valence-electron chi connectivity index (χ4n) is 11.2. The van der Waals surface area contributed by atoms with E-state index in [0.29, 0.717) is 57.1 Å². The zero-order valence-electron chi connectivity index (χ0n) is 41.8. The van der Waals surface area contributed by atoms with Gasteiger partial charge in [0.05, 0.1) is 31.0 Å². The number of carbonyl (C=O) groups is 4. The summed E-state index contributed by atoms with van der Waals surface area (Å²) in [7, 11) is 4.74. The third-order valence-electron chi connectivity index (χ3n) is 15.2. The molecule has 3 N–H and O–H groups in total. The Hall–Kier alpha value is -3.96. The molecule has 4 heterocycles. The number of benzene rings is 1. The van der Waals surface area contributed by atoms with Gasteiger partial charge in [-0.25, -0.2) is 4.79 Å². The molecule has 1 unspecified atom stereocenters. The number of ketones is 2. The topological polar surface area (TPSA) is 193 Å². The number of amides is 1. The molecule has 378 valence electrons. The van der Waals surface area contributed by atoms with E-state index in [0.717, 1.165) is 28.6 Å². The number of hydrogen-bond donors (Lipinski definition) is 3. The molecule has 14 atom stereocenters. The van der Waals surface area contributed by atoms with E-state index in [1.165, 1.54) is 19.1 Å². The van der Waals surface area contributed by atoms with E-state index < -0.39 is 77.8 Å². The summed E-state index contributed by atoms with van der Waals surface area (Å²) in [6.07, 6.45) is 6.31. The van der Waals surface area contributed by atoms with Gasteiger partial charge in [0.1, 0.15) is 35.9 Å². The van der Waals surface area contributed by atoms with E-state index in [1.54, 1.807) is 21.0 Å². The lowest BCUT2D eigenvalue weighted by Crippen LogP contribution is -2.64. The lowest BCUT2D eigenvalue weighted by Gasteiger charge is -2.47. The first-order chi connectivity index (χ1) is 32.5. The molecule has 6 rings (SSSR count). The summed E-state index contributed by atoms with van der Waals surface area (Å²) in [6.45, 7) is 11.9. The second-order valence-electron chi connectivity index (χ2n) is 20.2. The maximum atomic E-state index is 14.6. The van der Waals surface area contributed by atoms with Gasteiger partial charge < -0.3 is 53.2 Å². The number of aliphatic hydroxyl groups excluding tert-OH is 2. The van der Waals surface area contributed by atoms with Crippen molar-refractivity contribution in [3.8, 4) is 5.75 Å². The number of piperidine rings is 1. The fraction of sp³-hybridized carbons (Fsp3) is 0.698. The number of aliphatic hydroxyl groups is 3. The number of methoxy groups -OCH3 is 3. The number of rotatable bonds is 10. The van der Waals surface area contributed by atoms with Gasteiger partial charge in [-0.15, -0.1) is 0 Å². The molecule has 1 aromatic heterocycles. The van der Waals surface area contributed by atoms with Gasteiger partial charge in [0.25, 0.3) is 11.7 Å². The van der Waals surface area contributed by atoms with E-state index in [9.17, 15) is 34.5 Å². The van der Waals surface area contributed by atoms with Gasteiger partial charge in [-0.1, -0.05) is 45.4 Å². The SMILES string of the molecule is CC[C@@H]1/C=C(\C)C[C@H](C)C[C@H](OC)[C@H]2O[C@@](O)(C(=O)C(=O)N3CCCC[C@H]3C(=O)OC(/C(C)=C/[C@@H]3CC[C@@H](Oc4ccc5c(ccn5CCO)c4)[C@H](OC)C3)[C@H](C)[C@@H](O)CC1=O)[C@H](C)C[C@@H]2OC. The Morgan fingerprint density at radius 3 is 2.32 bits per heavy atom. The van der Waals surface area contributed by atoms with Crippen LogP contribution in [0.2, 0.25) is 0 Å². The Bertz CT molecular complexity index is 2120. The first-order valence-electron chi connectivity index (χ1n) is 24.9. The van der Waals surface area contributed by atoms with Crippen molar-refractivity contribution in [3.63, 3.8) is 0 Å². The largest absolute Gasteiger partial charge is 0.488 e. The van der Waals surface area contributed by atoms with Crippen molar-refractivity contribution in [1.29, 1.82) is 0 Å². The average Bonchev–Trinajstić information content (AvgIpc) is 3.73. The predicted molar refractivity (Wildman–Crippen MR) is 256 cm³/mol. The third kappa shape index (κ3) is 12.1. The van der Waals surface area contributed by atoms with Crippen LogP contribution in [0.5, 0.6) is 5.75 Å². The highest BCUT2D eigenvalue weighted by Crippen LogP contribution is 2.40. The molecule has 1 aromatic carbocycles. The van der Waals surface area contributed by atoms with Crippen molar-refractivity contribution in [1.82, 2.24) is 9.47 Å². The molecule has 0 radical (unpaired) electrons. The number of aromatic nitrogens is 1. The van der Waals surface area contributed by atoms with Gasteiger partial charge in [0.2, 0.25) is 5.79 Å². The van der Waals surface area contributed by atoms with E-state index in [-0.39, 0.29) is 62.2 Å². The number of allylic oxidation sites excluding steroid dienone is 3. The van der Waals surface area contributed by atoms with Crippen LogP contribution in [0.25, 0.3) is 10.9 Å². The quantitative estimate of drug-likeness (QED) is 0.133. The second kappa shape index (κ2) is 23.8. The van der Waals surface area contributed by atoms with Crippen LogP contribution in [0.15, 0.2) is 53.8 Å². The third-order valence-corrected chi connectivity index (χ3v) is 15.2. The zero-order valence-corrected chi connectivity index (χ0v) is 41.8. The average molecular weight is 951 g/mol. The minimum Gasteiger partial charge on any atom is -0.488 e. The smallest absolute Gasteiger partial charge is 0.329 e. The van der Waals surface area contributed by atoms with E-state index in [2.05, 4.69) is 13.0 Å². The van der Waals surface area contributed by atoms with E-state index >= 15 is 0 Å². The van der Waals surface area contributed by atoms with Gasteiger partial charge in [-0.2, -0.15) is 0 Å². The number of cyclic esters (lactones) is 1. The van der Waals surface area contributed by atoms with Crippen LogP contribution in [0, 0.1) is 29.6 Å². The molecule has 2 bridgehead atoms. The Labute approximate surface area is 402 Å². The van der Waals surface area contributed by atoms with E-state index in [4.69, 9.17) is 28.4 Å². The number of Topliss-reactive ketones (excluding diaryl/α,β-unsaturated/α-hetero) is 2. The number of fused-ring (bicyclic) bond motifs is 4. The predicted octanol–water partition coefficient (Wildman–Crippen LogP) is 6.51. The highest BCUT2D eigenvalue weighted by Gasteiger charge is 2.56. The number of carbonyl (C=O) groups excluding carboxylic acids is 4. The molecule has 4 aliphatic rings. The normalized spacial score (nSPS) is 36.4. The zero-order chi connectivity index (χ0) is 49.4. The molecule has 1 saturated carbocycles. The van der Waals surface area contributed by atoms with Crippen LogP contribution in [-0.4, -0.2) is 137 Å². The molecule has 15 nitrogen and oxygen atoms in total. The molecule has 2 aromatic rings. The van der Waals surface area contributed by atoms with Crippen molar-refractivity contribution in [2.45, 2.75) is 173 Å². The van der Waals surface area contributed by atoms with Crippen molar-refractivity contribution in [2.75, 3.05) is 34.5 Å².